The van der Waals surface area contributed by atoms with Crippen molar-refractivity contribution in [3.05, 3.63) is 0 Å². The van der Waals surface area contributed by atoms with Gasteiger partial charge in [0.25, 0.3) is 0 Å². The first-order valence-corrected chi connectivity index (χ1v) is 5.04. The van der Waals surface area contributed by atoms with Crippen LogP contribution in [0.1, 0.15) is 20.8 Å². The van der Waals surface area contributed by atoms with E-state index in [2.05, 4.69) is 24.5 Å². The first kappa shape index (κ1) is 13.4. The summed E-state index contributed by atoms with van der Waals surface area (Å²) < 4.78 is 5.09. The zero-order chi connectivity index (χ0) is 11.0. The van der Waals surface area contributed by atoms with Crippen molar-refractivity contribution >= 4 is 5.91 Å². The van der Waals surface area contributed by atoms with Crippen LogP contribution in [0.25, 0.3) is 0 Å². The molecule has 84 valence electrons. The topological polar surface area (TPSA) is 50.4 Å². The number of amides is 1. The third kappa shape index (κ3) is 6.86. The summed E-state index contributed by atoms with van der Waals surface area (Å²) in [6.45, 7) is 7.98. The fourth-order valence-electron chi connectivity index (χ4n) is 1.16. The second-order valence-electron chi connectivity index (χ2n) is 3.74. The predicted molar refractivity (Wildman–Crippen MR) is 57.2 cm³/mol. The highest BCUT2D eigenvalue weighted by molar-refractivity contribution is 5.72. The number of hydrogen-bond acceptors (Lipinski definition) is 3. The third-order valence-corrected chi connectivity index (χ3v) is 2.06. The van der Waals surface area contributed by atoms with E-state index in [1.807, 2.05) is 0 Å². The molecule has 0 aromatic rings. The van der Waals surface area contributed by atoms with Crippen molar-refractivity contribution in [1.82, 2.24) is 10.6 Å². The molecule has 0 bridgehead atoms. The van der Waals surface area contributed by atoms with E-state index in [0.717, 1.165) is 6.54 Å². The van der Waals surface area contributed by atoms with Crippen LogP contribution in [-0.2, 0) is 9.53 Å². The van der Waals surface area contributed by atoms with Gasteiger partial charge in [0.2, 0.25) is 5.91 Å². The lowest BCUT2D eigenvalue weighted by molar-refractivity contribution is -0.118. The Morgan fingerprint density at radius 1 is 1.36 bits per heavy atom. The molecule has 4 nitrogen and oxygen atoms in total. The molecule has 1 unspecified atom stereocenters. The maximum Gasteiger partial charge on any atom is 0.216 e. The van der Waals surface area contributed by atoms with E-state index in [0.29, 0.717) is 25.1 Å². The molecule has 0 heterocycles. The average molecular weight is 202 g/mol. The van der Waals surface area contributed by atoms with Crippen molar-refractivity contribution in [2.75, 3.05) is 26.8 Å². The molecule has 0 aliphatic rings. The lowest BCUT2D eigenvalue weighted by Crippen LogP contribution is -2.41. The molecule has 14 heavy (non-hydrogen) atoms. The van der Waals surface area contributed by atoms with E-state index in [1.165, 1.54) is 6.92 Å². The summed E-state index contributed by atoms with van der Waals surface area (Å²) in [5.74, 6) is 0.548. The van der Waals surface area contributed by atoms with Crippen LogP contribution in [0, 0.1) is 5.92 Å². The number of hydrogen-bond donors (Lipinski definition) is 2. The molecule has 0 saturated carbocycles. The number of methoxy groups -OCH3 is 1. The van der Waals surface area contributed by atoms with Crippen LogP contribution >= 0.6 is 0 Å². The number of ether oxygens (including phenoxy) is 1. The molecule has 0 rings (SSSR count). The summed E-state index contributed by atoms with van der Waals surface area (Å²) in [4.78, 5) is 10.6. The second kappa shape index (κ2) is 7.76. The molecule has 0 aliphatic carbocycles. The standard InChI is InChI=1S/C10H22N2O2/c1-8(2)10(7-14-4)12-6-5-11-9(3)13/h8,10,12H,5-7H2,1-4H3,(H,11,13). The van der Waals surface area contributed by atoms with Gasteiger partial charge in [-0.1, -0.05) is 13.8 Å². The normalized spacial score (nSPS) is 12.9. The molecule has 0 saturated heterocycles. The van der Waals surface area contributed by atoms with Crippen LogP contribution in [0.15, 0.2) is 0 Å². The summed E-state index contributed by atoms with van der Waals surface area (Å²) in [5.41, 5.74) is 0. The second-order valence-corrected chi connectivity index (χ2v) is 3.74. The number of carbonyl (C=O) groups is 1. The highest BCUT2D eigenvalue weighted by Gasteiger charge is 2.11. The fraction of sp³-hybridized carbons (Fsp3) is 0.900. The molecule has 0 radical (unpaired) electrons. The minimum atomic E-state index is 0.0136. The third-order valence-electron chi connectivity index (χ3n) is 2.06. The summed E-state index contributed by atoms with van der Waals surface area (Å²) in [7, 11) is 1.70. The van der Waals surface area contributed by atoms with Gasteiger partial charge in [-0.15, -0.1) is 0 Å². The average Bonchev–Trinajstić information content (AvgIpc) is 2.09. The van der Waals surface area contributed by atoms with Crippen molar-refractivity contribution < 1.29 is 9.53 Å². The maximum absolute atomic E-state index is 10.6. The molecule has 0 spiro atoms. The van der Waals surface area contributed by atoms with Crippen LogP contribution in [-0.4, -0.2) is 38.8 Å². The molecule has 2 N–H and O–H groups in total. The maximum atomic E-state index is 10.6. The van der Waals surface area contributed by atoms with E-state index < -0.39 is 0 Å². The Labute approximate surface area is 86.4 Å². The Morgan fingerprint density at radius 3 is 2.43 bits per heavy atom. The van der Waals surface area contributed by atoms with E-state index in [1.54, 1.807) is 7.11 Å². The van der Waals surface area contributed by atoms with Gasteiger partial charge in [0, 0.05) is 33.2 Å². The number of carbonyl (C=O) groups excluding carboxylic acids is 1. The Bertz CT molecular complexity index is 160. The Hall–Kier alpha value is -0.610. The Kier molecular flexibility index (Phi) is 7.42. The quantitative estimate of drug-likeness (QED) is 0.587. The van der Waals surface area contributed by atoms with Crippen LogP contribution in [0.4, 0.5) is 0 Å². The van der Waals surface area contributed by atoms with Crippen LogP contribution in [0.5, 0.6) is 0 Å². The van der Waals surface area contributed by atoms with E-state index in [4.69, 9.17) is 4.74 Å². The highest BCUT2D eigenvalue weighted by Crippen LogP contribution is 2.00. The first-order chi connectivity index (χ1) is 6.57. The SMILES string of the molecule is COCC(NCCNC(C)=O)C(C)C. The zero-order valence-electron chi connectivity index (χ0n) is 9.59. The molecular formula is C10H22N2O2. The zero-order valence-corrected chi connectivity index (χ0v) is 9.59. The smallest absolute Gasteiger partial charge is 0.216 e. The Morgan fingerprint density at radius 2 is 2.00 bits per heavy atom. The molecule has 0 aromatic carbocycles. The molecule has 1 atom stereocenters. The van der Waals surface area contributed by atoms with Crippen LogP contribution < -0.4 is 10.6 Å². The summed E-state index contributed by atoms with van der Waals surface area (Å²) in [5, 5.41) is 6.08. The van der Waals surface area contributed by atoms with Gasteiger partial charge >= 0.3 is 0 Å². The summed E-state index contributed by atoms with van der Waals surface area (Å²) in [6, 6.07) is 0.355. The van der Waals surface area contributed by atoms with Crippen molar-refractivity contribution in [3.8, 4) is 0 Å². The van der Waals surface area contributed by atoms with Gasteiger partial charge in [0.1, 0.15) is 0 Å². The number of nitrogens with one attached hydrogen (secondary N) is 2. The van der Waals surface area contributed by atoms with Gasteiger partial charge < -0.3 is 15.4 Å². The minimum absolute atomic E-state index is 0.0136. The molecule has 0 aromatic heterocycles. The van der Waals surface area contributed by atoms with Crippen molar-refractivity contribution in [2.45, 2.75) is 26.8 Å². The van der Waals surface area contributed by atoms with Crippen LogP contribution in [0.3, 0.4) is 0 Å². The lowest BCUT2D eigenvalue weighted by atomic mass is 10.1. The predicted octanol–water partition coefficient (Wildman–Crippen LogP) is 0.383. The largest absolute Gasteiger partial charge is 0.383 e. The van der Waals surface area contributed by atoms with E-state index in [9.17, 15) is 4.79 Å². The van der Waals surface area contributed by atoms with Crippen molar-refractivity contribution in [2.24, 2.45) is 5.92 Å². The fourth-order valence-corrected chi connectivity index (χ4v) is 1.16. The van der Waals surface area contributed by atoms with Gasteiger partial charge in [-0.25, -0.2) is 0 Å². The molecule has 1 amide bonds. The molecule has 0 aliphatic heterocycles. The van der Waals surface area contributed by atoms with Gasteiger partial charge in [-0.05, 0) is 5.92 Å². The molecule has 4 heteroatoms. The first-order valence-electron chi connectivity index (χ1n) is 5.04. The van der Waals surface area contributed by atoms with E-state index in [-0.39, 0.29) is 5.91 Å². The van der Waals surface area contributed by atoms with Gasteiger partial charge in [0.05, 0.1) is 6.61 Å². The van der Waals surface area contributed by atoms with Gasteiger partial charge in [0.15, 0.2) is 0 Å². The van der Waals surface area contributed by atoms with Crippen LogP contribution in [0.2, 0.25) is 0 Å². The monoisotopic (exact) mass is 202 g/mol. The Balaban J connectivity index is 3.55. The van der Waals surface area contributed by atoms with E-state index >= 15 is 0 Å². The van der Waals surface area contributed by atoms with Crippen molar-refractivity contribution in [1.29, 1.82) is 0 Å². The molecular weight excluding hydrogens is 180 g/mol. The van der Waals surface area contributed by atoms with Crippen molar-refractivity contribution in [3.63, 3.8) is 0 Å². The summed E-state index contributed by atoms with van der Waals surface area (Å²) in [6.07, 6.45) is 0. The summed E-state index contributed by atoms with van der Waals surface area (Å²) >= 11 is 0. The molecule has 0 fully saturated rings. The van der Waals surface area contributed by atoms with Gasteiger partial charge in [-0.2, -0.15) is 0 Å². The highest BCUT2D eigenvalue weighted by atomic mass is 16.5. The lowest BCUT2D eigenvalue weighted by Gasteiger charge is -2.21. The van der Waals surface area contributed by atoms with Gasteiger partial charge in [-0.3, -0.25) is 4.79 Å². The minimum Gasteiger partial charge on any atom is -0.383 e. The number of rotatable bonds is 7.